The highest BCUT2D eigenvalue weighted by Crippen LogP contribution is 2.30. The molecule has 2 atom stereocenters. The molecular formula is C14H17BrFNO. The van der Waals surface area contributed by atoms with Crippen LogP contribution in [0.15, 0.2) is 18.2 Å². The van der Waals surface area contributed by atoms with Crippen LogP contribution in [0.3, 0.4) is 0 Å². The van der Waals surface area contributed by atoms with E-state index in [1.54, 1.807) is 19.1 Å². The van der Waals surface area contributed by atoms with E-state index in [1.165, 1.54) is 12.5 Å². The van der Waals surface area contributed by atoms with Crippen LogP contribution >= 0.6 is 15.9 Å². The zero-order valence-electron chi connectivity index (χ0n) is 10.4. The smallest absolute Gasteiger partial charge is 0.251 e. The lowest BCUT2D eigenvalue weighted by Gasteiger charge is -2.11. The second-order valence-electron chi connectivity index (χ2n) is 4.95. The van der Waals surface area contributed by atoms with Gasteiger partial charge in [-0.15, -0.1) is 0 Å². The molecule has 0 aliphatic heterocycles. The summed E-state index contributed by atoms with van der Waals surface area (Å²) in [5, 5.41) is 2.88. The Kier molecular flexibility index (Phi) is 4.38. The van der Waals surface area contributed by atoms with E-state index in [-0.39, 0.29) is 11.7 Å². The number of hydrogen-bond donors (Lipinski definition) is 1. The monoisotopic (exact) mass is 313 g/mol. The van der Waals surface area contributed by atoms with Crippen molar-refractivity contribution in [3.8, 4) is 0 Å². The first-order chi connectivity index (χ1) is 8.56. The Labute approximate surface area is 115 Å². The molecule has 98 valence electrons. The molecule has 1 saturated carbocycles. The average Bonchev–Trinajstić information content (AvgIpc) is 2.75. The Morgan fingerprint density at radius 1 is 1.50 bits per heavy atom. The number of halogens is 2. The summed E-state index contributed by atoms with van der Waals surface area (Å²) < 4.78 is 13.3. The highest BCUT2D eigenvalue weighted by atomic mass is 79.9. The third-order valence-corrected chi connectivity index (χ3v) is 4.29. The zero-order chi connectivity index (χ0) is 13.1. The number of carbonyl (C=O) groups is 1. The van der Waals surface area contributed by atoms with E-state index >= 15 is 0 Å². The number of aryl methyl sites for hydroxylation is 1. The fraction of sp³-hybridized carbons (Fsp3) is 0.500. The summed E-state index contributed by atoms with van der Waals surface area (Å²) in [7, 11) is 0. The number of rotatable bonds is 3. The molecule has 2 rings (SSSR count). The van der Waals surface area contributed by atoms with Gasteiger partial charge in [-0.2, -0.15) is 0 Å². The third-order valence-electron chi connectivity index (χ3n) is 3.46. The second kappa shape index (κ2) is 5.83. The van der Waals surface area contributed by atoms with Crippen LogP contribution in [0.2, 0.25) is 0 Å². The van der Waals surface area contributed by atoms with E-state index in [4.69, 9.17) is 0 Å². The van der Waals surface area contributed by atoms with Gasteiger partial charge < -0.3 is 5.32 Å². The minimum absolute atomic E-state index is 0.188. The van der Waals surface area contributed by atoms with Crippen molar-refractivity contribution in [3.05, 3.63) is 35.1 Å². The number of carbonyl (C=O) groups excluding carboxylic acids is 1. The molecular weight excluding hydrogens is 297 g/mol. The van der Waals surface area contributed by atoms with Crippen molar-refractivity contribution in [1.29, 1.82) is 0 Å². The van der Waals surface area contributed by atoms with E-state index in [1.807, 2.05) is 0 Å². The molecule has 18 heavy (non-hydrogen) atoms. The summed E-state index contributed by atoms with van der Waals surface area (Å²) >= 11 is 3.59. The Morgan fingerprint density at radius 2 is 2.28 bits per heavy atom. The van der Waals surface area contributed by atoms with E-state index in [0.29, 0.717) is 28.4 Å². The fourth-order valence-corrected chi connectivity index (χ4v) is 3.07. The van der Waals surface area contributed by atoms with Gasteiger partial charge in [-0.1, -0.05) is 22.0 Å². The van der Waals surface area contributed by atoms with Crippen LogP contribution in [0, 0.1) is 18.7 Å². The van der Waals surface area contributed by atoms with Gasteiger partial charge in [-0.25, -0.2) is 4.39 Å². The average molecular weight is 314 g/mol. The van der Waals surface area contributed by atoms with Gasteiger partial charge in [0.25, 0.3) is 5.91 Å². The van der Waals surface area contributed by atoms with Crippen molar-refractivity contribution in [3.63, 3.8) is 0 Å². The van der Waals surface area contributed by atoms with Crippen LogP contribution in [0.4, 0.5) is 4.39 Å². The maximum Gasteiger partial charge on any atom is 0.251 e. The third kappa shape index (κ3) is 3.31. The Bertz CT molecular complexity index is 449. The van der Waals surface area contributed by atoms with Gasteiger partial charge >= 0.3 is 0 Å². The molecule has 1 aromatic carbocycles. The molecule has 0 spiro atoms. The number of alkyl halides is 1. The molecule has 0 aromatic heterocycles. The van der Waals surface area contributed by atoms with E-state index in [2.05, 4.69) is 21.2 Å². The van der Waals surface area contributed by atoms with Crippen molar-refractivity contribution >= 4 is 21.8 Å². The summed E-state index contributed by atoms with van der Waals surface area (Å²) in [6.07, 6.45) is 3.40. The van der Waals surface area contributed by atoms with Gasteiger partial charge in [0, 0.05) is 16.9 Å². The van der Waals surface area contributed by atoms with Crippen molar-refractivity contribution in [2.24, 2.45) is 5.92 Å². The normalized spacial score (nSPS) is 23.1. The molecule has 1 aliphatic rings. The molecule has 0 bridgehead atoms. The molecule has 1 amide bonds. The predicted molar refractivity (Wildman–Crippen MR) is 73.5 cm³/mol. The topological polar surface area (TPSA) is 29.1 Å². The number of benzene rings is 1. The molecule has 1 aromatic rings. The summed E-state index contributed by atoms with van der Waals surface area (Å²) in [5.74, 6) is 0.0181. The standard InChI is InChI=1S/C14H17BrFNO/c1-9-2-4-11(7-13(9)16)14(18)17-8-10-3-5-12(15)6-10/h2,4,7,10,12H,3,5-6,8H2,1H3,(H,17,18). The molecule has 0 radical (unpaired) electrons. The number of amides is 1. The highest BCUT2D eigenvalue weighted by Gasteiger charge is 2.22. The Balaban J connectivity index is 1.89. The number of hydrogen-bond acceptors (Lipinski definition) is 1. The van der Waals surface area contributed by atoms with Crippen molar-refractivity contribution in [2.75, 3.05) is 6.54 Å². The van der Waals surface area contributed by atoms with Crippen molar-refractivity contribution in [1.82, 2.24) is 5.32 Å². The van der Waals surface area contributed by atoms with Crippen LogP contribution in [0.5, 0.6) is 0 Å². The highest BCUT2D eigenvalue weighted by molar-refractivity contribution is 9.09. The minimum atomic E-state index is -0.330. The SMILES string of the molecule is Cc1ccc(C(=O)NCC2CCC(Br)C2)cc1F. The van der Waals surface area contributed by atoms with Crippen LogP contribution in [-0.4, -0.2) is 17.3 Å². The second-order valence-corrected chi connectivity index (χ2v) is 6.25. The fourth-order valence-electron chi connectivity index (χ4n) is 2.27. The minimum Gasteiger partial charge on any atom is -0.352 e. The Morgan fingerprint density at radius 3 is 2.89 bits per heavy atom. The van der Waals surface area contributed by atoms with Gasteiger partial charge in [0.15, 0.2) is 0 Å². The summed E-state index contributed by atoms with van der Waals surface area (Å²) in [4.78, 5) is 12.4. The van der Waals surface area contributed by atoms with Crippen LogP contribution < -0.4 is 5.32 Å². The summed E-state index contributed by atoms with van der Waals surface area (Å²) in [6, 6.07) is 4.59. The molecule has 1 aliphatic carbocycles. The van der Waals surface area contributed by atoms with E-state index in [9.17, 15) is 9.18 Å². The number of nitrogens with one attached hydrogen (secondary N) is 1. The van der Waals surface area contributed by atoms with Gasteiger partial charge in [-0.05, 0) is 49.8 Å². The quantitative estimate of drug-likeness (QED) is 0.851. The molecule has 0 heterocycles. The first-order valence-corrected chi connectivity index (χ1v) is 7.16. The molecule has 2 nitrogen and oxygen atoms in total. The molecule has 4 heteroatoms. The maximum absolute atomic E-state index is 13.3. The molecule has 1 fully saturated rings. The van der Waals surface area contributed by atoms with Gasteiger partial charge in [0.05, 0.1) is 0 Å². The van der Waals surface area contributed by atoms with Gasteiger partial charge in [0.1, 0.15) is 5.82 Å². The first kappa shape index (κ1) is 13.5. The maximum atomic E-state index is 13.3. The van der Waals surface area contributed by atoms with E-state index < -0.39 is 0 Å². The first-order valence-electron chi connectivity index (χ1n) is 6.24. The summed E-state index contributed by atoms with van der Waals surface area (Å²) in [6.45, 7) is 2.36. The predicted octanol–water partition coefficient (Wildman–Crippen LogP) is 3.43. The Hall–Kier alpha value is -0.900. The van der Waals surface area contributed by atoms with Crippen LogP contribution in [-0.2, 0) is 0 Å². The lowest BCUT2D eigenvalue weighted by Crippen LogP contribution is -2.28. The molecule has 1 N–H and O–H groups in total. The largest absolute Gasteiger partial charge is 0.352 e. The van der Waals surface area contributed by atoms with Gasteiger partial charge in [0.2, 0.25) is 0 Å². The van der Waals surface area contributed by atoms with Crippen LogP contribution in [0.1, 0.15) is 35.2 Å². The zero-order valence-corrected chi connectivity index (χ0v) is 12.0. The van der Waals surface area contributed by atoms with Crippen molar-refractivity contribution < 1.29 is 9.18 Å². The lowest BCUT2D eigenvalue weighted by molar-refractivity contribution is 0.0947. The van der Waals surface area contributed by atoms with Crippen molar-refractivity contribution in [2.45, 2.75) is 31.0 Å². The van der Waals surface area contributed by atoms with Crippen LogP contribution in [0.25, 0.3) is 0 Å². The molecule has 0 saturated heterocycles. The molecule has 2 unspecified atom stereocenters. The van der Waals surface area contributed by atoms with Gasteiger partial charge in [-0.3, -0.25) is 4.79 Å². The summed E-state index contributed by atoms with van der Waals surface area (Å²) in [5.41, 5.74) is 0.955. The lowest BCUT2D eigenvalue weighted by atomic mass is 10.1. The van der Waals surface area contributed by atoms with E-state index in [0.717, 1.165) is 12.8 Å².